The molecule has 2 heterocycles. The molecule has 0 bridgehead atoms. The second kappa shape index (κ2) is 9.46. The standard InChI is InChI=1S/C20H25ClN6O4/c1-11(2)31-10-15(28)9-27-16-17(26(4)20(30)23-18(16)29)22-19(27)25-24-12(3)13-5-7-14(21)8-6-13/h5-8,11,15,28H,9-10H2,1-4H3,(H,22,25)(H,23,29,30)/b24-12-/t15-/m1/s1. The third-order valence-corrected chi connectivity index (χ3v) is 4.86. The number of fused-ring (bicyclic) bond motifs is 1. The van der Waals surface area contributed by atoms with Crippen LogP contribution in [0, 0.1) is 0 Å². The number of aromatic nitrogens is 4. The topological polar surface area (TPSA) is 127 Å². The predicted molar refractivity (Wildman–Crippen MR) is 120 cm³/mol. The minimum Gasteiger partial charge on any atom is -0.389 e. The zero-order chi connectivity index (χ0) is 22.7. The summed E-state index contributed by atoms with van der Waals surface area (Å²) >= 11 is 5.93. The number of hydrogen-bond donors (Lipinski definition) is 3. The lowest BCUT2D eigenvalue weighted by Crippen LogP contribution is -2.30. The molecule has 0 spiro atoms. The first-order valence-corrected chi connectivity index (χ1v) is 10.1. The number of hydrazone groups is 1. The van der Waals surface area contributed by atoms with Gasteiger partial charge in [-0.05, 0) is 38.5 Å². The number of aliphatic hydroxyl groups is 1. The predicted octanol–water partition coefficient (Wildman–Crippen LogP) is 1.70. The summed E-state index contributed by atoms with van der Waals surface area (Å²) in [4.78, 5) is 31.1. The fourth-order valence-corrected chi connectivity index (χ4v) is 3.08. The number of hydrogen-bond acceptors (Lipinski definition) is 7. The Labute approximate surface area is 183 Å². The maximum Gasteiger partial charge on any atom is 0.329 e. The molecular formula is C20H25ClN6O4. The van der Waals surface area contributed by atoms with Crippen molar-refractivity contribution in [1.29, 1.82) is 0 Å². The van der Waals surface area contributed by atoms with E-state index in [1.165, 1.54) is 16.2 Å². The van der Waals surface area contributed by atoms with Crippen molar-refractivity contribution in [3.63, 3.8) is 0 Å². The van der Waals surface area contributed by atoms with Crippen LogP contribution in [0.15, 0.2) is 39.0 Å². The Hall–Kier alpha value is -2.95. The largest absolute Gasteiger partial charge is 0.389 e. The Kier molecular flexibility index (Phi) is 6.94. The van der Waals surface area contributed by atoms with Gasteiger partial charge in [0.1, 0.15) is 0 Å². The average Bonchev–Trinajstić information content (AvgIpc) is 3.08. The van der Waals surface area contributed by atoms with Gasteiger partial charge in [-0.2, -0.15) is 10.1 Å². The molecule has 3 aromatic rings. The Morgan fingerprint density at radius 1 is 1.32 bits per heavy atom. The van der Waals surface area contributed by atoms with E-state index >= 15 is 0 Å². The molecule has 1 aromatic carbocycles. The summed E-state index contributed by atoms with van der Waals surface area (Å²) in [6.07, 6.45) is -0.957. The number of benzene rings is 1. The van der Waals surface area contributed by atoms with Crippen molar-refractivity contribution in [2.45, 2.75) is 39.5 Å². The fourth-order valence-electron chi connectivity index (χ4n) is 2.95. The Bertz CT molecular complexity index is 1210. The minimum atomic E-state index is -0.904. The van der Waals surface area contributed by atoms with Crippen LogP contribution in [0.3, 0.4) is 0 Å². The van der Waals surface area contributed by atoms with Crippen molar-refractivity contribution < 1.29 is 9.84 Å². The van der Waals surface area contributed by atoms with E-state index in [0.717, 1.165) is 5.56 Å². The molecule has 10 nitrogen and oxygen atoms in total. The summed E-state index contributed by atoms with van der Waals surface area (Å²) in [6.45, 7) is 5.62. The molecule has 31 heavy (non-hydrogen) atoms. The van der Waals surface area contributed by atoms with Crippen LogP contribution in [0.2, 0.25) is 5.02 Å². The Morgan fingerprint density at radius 2 is 2.00 bits per heavy atom. The zero-order valence-corrected chi connectivity index (χ0v) is 18.5. The molecule has 0 saturated heterocycles. The molecule has 0 saturated carbocycles. The molecule has 0 unspecified atom stereocenters. The van der Waals surface area contributed by atoms with E-state index in [9.17, 15) is 14.7 Å². The number of anilines is 1. The number of aryl methyl sites for hydroxylation is 1. The number of nitrogens with zero attached hydrogens (tertiary/aromatic N) is 4. The lowest BCUT2D eigenvalue weighted by atomic mass is 10.1. The van der Waals surface area contributed by atoms with Gasteiger partial charge in [-0.25, -0.2) is 10.2 Å². The van der Waals surface area contributed by atoms with Crippen LogP contribution in [-0.4, -0.2) is 48.7 Å². The Morgan fingerprint density at radius 3 is 2.65 bits per heavy atom. The van der Waals surface area contributed by atoms with Crippen LogP contribution in [0.5, 0.6) is 0 Å². The number of rotatable bonds is 8. The molecule has 3 rings (SSSR count). The Balaban J connectivity index is 2.00. The molecule has 1 atom stereocenters. The van der Waals surface area contributed by atoms with E-state index in [-0.39, 0.29) is 36.4 Å². The van der Waals surface area contributed by atoms with E-state index in [0.29, 0.717) is 10.7 Å². The first-order valence-electron chi connectivity index (χ1n) is 9.72. The van der Waals surface area contributed by atoms with Crippen molar-refractivity contribution in [3.05, 3.63) is 55.7 Å². The number of imidazole rings is 1. The summed E-state index contributed by atoms with van der Waals surface area (Å²) in [6, 6.07) is 7.16. The van der Waals surface area contributed by atoms with Crippen molar-refractivity contribution in [2.75, 3.05) is 12.0 Å². The van der Waals surface area contributed by atoms with Gasteiger partial charge >= 0.3 is 5.69 Å². The maximum atomic E-state index is 12.5. The quantitative estimate of drug-likeness (QED) is 0.355. The lowest BCUT2D eigenvalue weighted by Gasteiger charge is -2.16. The SMILES string of the molecule is C/C(=N/Nc1nc2c(c(=O)[nH]c(=O)n2C)n1C[C@@H](O)COC(C)C)c1ccc(Cl)cc1. The smallest absolute Gasteiger partial charge is 0.329 e. The van der Waals surface area contributed by atoms with Crippen molar-refractivity contribution in [1.82, 2.24) is 19.1 Å². The van der Waals surface area contributed by atoms with Gasteiger partial charge in [0.05, 0.1) is 31.1 Å². The first-order chi connectivity index (χ1) is 14.7. The number of aromatic amines is 1. The molecule has 0 amide bonds. The third-order valence-electron chi connectivity index (χ3n) is 4.61. The van der Waals surface area contributed by atoms with Gasteiger partial charge in [-0.1, -0.05) is 23.7 Å². The second-order valence-electron chi connectivity index (χ2n) is 7.39. The molecule has 0 fully saturated rings. The molecule has 11 heteroatoms. The zero-order valence-electron chi connectivity index (χ0n) is 17.7. The van der Waals surface area contributed by atoms with Gasteiger partial charge in [-0.3, -0.25) is 14.3 Å². The highest BCUT2D eigenvalue weighted by molar-refractivity contribution is 6.30. The van der Waals surface area contributed by atoms with E-state index < -0.39 is 17.4 Å². The van der Waals surface area contributed by atoms with Gasteiger partial charge in [0, 0.05) is 12.1 Å². The van der Waals surface area contributed by atoms with Crippen molar-refractivity contribution in [2.24, 2.45) is 12.1 Å². The summed E-state index contributed by atoms with van der Waals surface area (Å²) < 4.78 is 8.17. The van der Waals surface area contributed by atoms with Crippen LogP contribution >= 0.6 is 11.6 Å². The van der Waals surface area contributed by atoms with E-state index in [1.54, 1.807) is 19.1 Å². The lowest BCUT2D eigenvalue weighted by molar-refractivity contribution is -0.000105. The fraction of sp³-hybridized carbons (Fsp3) is 0.400. The summed E-state index contributed by atoms with van der Waals surface area (Å²) in [5.41, 5.74) is 3.48. The van der Waals surface area contributed by atoms with Gasteiger partial charge in [0.15, 0.2) is 11.2 Å². The molecule has 0 aliphatic carbocycles. The van der Waals surface area contributed by atoms with Gasteiger partial charge in [0.25, 0.3) is 5.56 Å². The van der Waals surface area contributed by atoms with Gasteiger partial charge in [-0.15, -0.1) is 0 Å². The van der Waals surface area contributed by atoms with E-state index in [1.807, 2.05) is 26.0 Å². The third kappa shape index (κ3) is 5.22. The van der Waals surface area contributed by atoms with E-state index in [4.69, 9.17) is 16.3 Å². The van der Waals surface area contributed by atoms with Gasteiger partial charge in [0.2, 0.25) is 5.95 Å². The first kappa shape index (κ1) is 22.7. The normalized spacial score (nSPS) is 13.2. The van der Waals surface area contributed by atoms with Gasteiger partial charge < -0.3 is 14.4 Å². The minimum absolute atomic E-state index is 0.0162. The number of H-pyrrole nitrogens is 1. The molecule has 3 N–H and O–H groups in total. The van der Waals surface area contributed by atoms with Crippen LogP contribution in [0.25, 0.3) is 11.2 Å². The molecule has 0 radical (unpaired) electrons. The number of ether oxygens (including phenoxy) is 1. The highest BCUT2D eigenvalue weighted by atomic mass is 35.5. The molecule has 0 aliphatic heterocycles. The monoisotopic (exact) mass is 448 g/mol. The second-order valence-corrected chi connectivity index (χ2v) is 7.82. The molecule has 166 valence electrons. The van der Waals surface area contributed by atoms with Crippen LogP contribution in [0.4, 0.5) is 5.95 Å². The van der Waals surface area contributed by atoms with E-state index in [2.05, 4.69) is 20.5 Å². The van der Waals surface area contributed by atoms with Crippen molar-refractivity contribution in [3.8, 4) is 0 Å². The highest BCUT2D eigenvalue weighted by Crippen LogP contribution is 2.17. The van der Waals surface area contributed by atoms with Crippen LogP contribution < -0.4 is 16.7 Å². The number of aliphatic hydroxyl groups excluding tert-OH is 1. The molecular weight excluding hydrogens is 424 g/mol. The average molecular weight is 449 g/mol. The van der Waals surface area contributed by atoms with Crippen molar-refractivity contribution >= 4 is 34.4 Å². The summed E-state index contributed by atoms with van der Waals surface area (Å²) in [5.74, 6) is 0.207. The van der Waals surface area contributed by atoms with Crippen LogP contribution in [0.1, 0.15) is 26.3 Å². The number of halogens is 1. The maximum absolute atomic E-state index is 12.5. The highest BCUT2D eigenvalue weighted by Gasteiger charge is 2.20. The number of nitrogens with one attached hydrogen (secondary N) is 2. The summed E-state index contributed by atoms with van der Waals surface area (Å²) in [7, 11) is 1.50. The molecule has 0 aliphatic rings. The summed E-state index contributed by atoms with van der Waals surface area (Å²) in [5, 5.41) is 15.4. The molecule has 2 aromatic heterocycles. The van der Waals surface area contributed by atoms with Crippen LogP contribution in [-0.2, 0) is 18.3 Å².